The third kappa shape index (κ3) is 3.68. The van der Waals surface area contributed by atoms with Crippen LogP contribution >= 0.6 is 0 Å². The van der Waals surface area contributed by atoms with Crippen molar-refractivity contribution >= 4 is 22.9 Å². The van der Waals surface area contributed by atoms with Crippen LogP contribution in [0.1, 0.15) is 11.1 Å². The smallest absolute Gasteiger partial charge is 0.0105 e. The van der Waals surface area contributed by atoms with Crippen LogP contribution in [-0.2, 0) is 0 Å². The van der Waals surface area contributed by atoms with E-state index in [1.165, 1.54) is 44.2 Å². The molecule has 0 N–H and O–H groups in total. The lowest BCUT2D eigenvalue weighted by Crippen LogP contribution is -1.83. The van der Waals surface area contributed by atoms with Crippen molar-refractivity contribution in [3.05, 3.63) is 132 Å². The van der Waals surface area contributed by atoms with E-state index in [0.29, 0.717) is 0 Å². The van der Waals surface area contributed by atoms with Gasteiger partial charge in [0.15, 0.2) is 0 Å². The molecule has 5 aromatic rings. The molecule has 0 bridgehead atoms. The summed E-state index contributed by atoms with van der Waals surface area (Å²) in [5, 5.41) is 2.57. The van der Waals surface area contributed by atoms with Gasteiger partial charge in [-0.15, -0.1) is 0 Å². The summed E-state index contributed by atoms with van der Waals surface area (Å²) in [6, 6.07) is 42.9. The quantitative estimate of drug-likeness (QED) is 0.274. The maximum Gasteiger partial charge on any atom is -0.0105 e. The summed E-state index contributed by atoms with van der Waals surface area (Å²) in [7, 11) is 0. The first kappa shape index (κ1) is 18.1. The van der Waals surface area contributed by atoms with Gasteiger partial charge in [-0.05, 0) is 44.2 Å². The highest BCUT2D eigenvalue weighted by Gasteiger charge is 2.04. The van der Waals surface area contributed by atoms with Gasteiger partial charge in [0.05, 0.1) is 0 Å². The molecule has 0 aromatic heterocycles. The Labute approximate surface area is 177 Å². The average molecular weight is 383 g/mol. The van der Waals surface area contributed by atoms with E-state index >= 15 is 0 Å². The standard InChI is InChI=1S/C30H22/c1-2-9-24(10-3-1)28-14-6-4-12-26(28)20-17-23-18-21-27(22-19-23)30-16-8-13-25-11-5-7-15-29(25)30/h1-22H. The summed E-state index contributed by atoms with van der Waals surface area (Å²) >= 11 is 0. The molecule has 0 aliphatic rings. The van der Waals surface area contributed by atoms with E-state index in [2.05, 4.69) is 133 Å². The third-order valence-electron chi connectivity index (χ3n) is 5.51. The first-order valence-electron chi connectivity index (χ1n) is 10.3. The highest BCUT2D eigenvalue weighted by molar-refractivity contribution is 5.96. The molecule has 0 unspecified atom stereocenters. The molecular weight excluding hydrogens is 360 g/mol. The lowest BCUT2D eigenvalue weighted by molar-refractivity contribution is 1.59. The number of hydrogen-bond donors (Lipinski definition) is 0. The zero-order chi connectivity index (χ0) is 20.2. The largest absolute Gasteiger partial charge is 0.0622 e. The second kappa shape index (κ2) is 8.23. The van der Waals surface area contributed by atoms with Crippen LogP contribution in [0.5, 0.6) is 0 Å². The SMILES string of the molecule is C(=Cc1ccccc1-c1ccccc1)c1ccc(-c2cccc3ccccc23)cc1. The second-order valence-electron chi connectivity index (χ2n) is 7.44. The minimum atomic E-state index is 1.20. The van der Waals surface area contributed by atoms with Crippen LogP contribution < -0.4 is 0 Å². The van der Waals surface area contributed by atoms with Gasteiger partial charge in [0.2, 0.25) is 0 Å². The van der Waals surface area contributed by atoms with E-state index in [1.807, 2.05) is 0 Å². The monoisotopic (exact) mass is 382 g/mol. The summed E-state index contributed by atoms with van der Waals surface area (Å²) in [4.78, 5) is 0. The van der Waals surface area contributed by atoms with Crippen molar-refractivity contribution < 1.29 is 0 Å². The second-order valence-corrected chi connectivity index (χ2v) is 7.44. The van der Waals surface area contributed by atoms with E-state index in [4.69, 9.17) is 0 Å². The molecule has 0 saturated carbocycles. The molecule has 0 saturated heterocycles. The van der Waals surface area contributed by atoms with E-state index in [1.54, 1.807) is 0 Å². The molecule has 0 spiro atoms. The van der Waals surface area contributed by atoms with Crippen LogP contribution in [0.25, 0.3) is 45.2 Å². The minimum absolute atomic E-state index is 1.20. The lowest BCUT2D eigenvalue weighted by Gasteiger charge is -2.08. The van der Waals surface area contributed by atoms with Gasteiger partial charge in [0.25, 0.3) is 0 Å². The predicted molar refractivity (Wildman–Crippen MR) is 130 cm³/mol. The summed E-state index contributed by atoms with van der Waals surface area (Å²) in [5.74, 6) is 0. The molecule has 142 valence electrons. The maximum absolute atomic E-state index is 2.21. The van der Waals surface area contributed by atoms with E-state index in [9.17, 15) is 0 Å². The molecule has 0 radical (unpaired) electrons. The molecule has 0 amide bonds. The number of rotatable bonds is 4. The van der Waals surface area contributed by atoms with Crippen molar-refractivity contribution in [1.29, 1.82) is 0 Å². The Morgan fingerprint density at radius 1 is 0.400 bits per heavy atom. The van der Waals surface area contributed by atoms with Crippen molar-refractivity contribution in [1.82, 2.24) is 0 Å². The minimum Gasteiger partial charge on any atom is -0.0622 e. The van der Waals surface area contributed by atoms with Crippen molar-refractivity contribution in [2.45, 2.75) is 0 Å². The molecule has 0 heterocycles. The number of benzene rings is 5. The zero-order valence-electron chi connectivity index (χ0n) is 16.7. The maximum atomic E-state index is 2.21. The first-order chi connectivity index (χ1) is 14.9. The molecule has 0 nitrogen and oxygen atoms in total. The Kier molecular flexibility index (Phi) is 4.98. The molecule has 0 heteroatoms. The van der Waals surface area contributed by atoms with Crippen molar-refractivity contribution in [2.24, 2.45) is 0 Å². The van der Waals surface area contributed by atoms with Crippen LogP contribution in [0.2, 0.25) is 0 Å². The fourth-order valence-electron chi connectivity index (χ4n) is 3.96. The van der Waals surface area contributed by atoms with E-state index in [0.717, 1.165) is 0 Å². The van der Waals surface area contributed by atoms with Crippen molar-refractivity contribution in [3.63, 3.8) is 0 Å². The van der Waals surface area contributed by atoms with Gasteiger partial charge in [-0.25, -0.2) is 0 Å². The van der Waals surface area contributed by atoms with Crippen LogP contribution in [0.4, 0.5) is 0 Å². The van der Waals surface area contributed by atoms with Gasteiger partial charge in [0.1, 0.15) is 0 Å². The first-order valence-corrected chi connectivity index (χ1v) is 10.3. The van der Waals surface area contributed by atoms with Crippen molar-refractivity contribution in [2.75, 3.05) is 0 Å². The van der Waals surface area contributed by atoms with E-state index in [-0.39, 0.29) is 0 Å². The topological polar surface area (TPSA) is 0 Å². The lowest BCUT2D eigenvalue weighted by atomic mass is 9.97. The Balaban J connectivity index is 1.45. The number of hydrogen-bond acceptors (Lipinski definition) is 0. The molecule has 0 aliphatic heterocycles. The molecule has 0 atom stereocenters. The molecular formula is C30H22. The van der Waals surface area contributed by atoms with Gasteiger partial charge < -0.3 is 0 Å². The fourth-order valence-corrected chi connectivity index (χ4v) is 3.96. The highest BCUT2D eigenvalue weighted by atomic mass is 14.1. The van der Waals surface area contributed by atoms with Crippen molar-refractivity contribution in [3.8, 4) is 22.3 Å². The van der Waals surface area contributed by atoms with Gasteiger partial charge in [-0.2, -0.15) is 0 Å². The summed E-state index contributed by atoms with van der Waals surface area (Å²) in [6.07, 6.45) is 4.39. The van der Waals surface area contributed by atoms with Gasteiger partial charge >= 0.3 is 0 Å². The molecule has 0 fully saturated rings. The van der Waals surface area contributed by atoms with Crippen LogP contribution in [0, 0.1) is 0 Å². The van der Waals surface area contributed by atoms with Crippen LogP contribution in [0.3, 0.4) is 0 Å². The van der Waals surface area contributed by atoms with Gasteiger partial charge in [0, 0.05) is 0 Å². The molecule has 0 aliphatic carbocycles. The van der Waals surface area contributed by atoms with E-state index < -0.39 is 0 Å². The summed E-state index contributed by atoms with van der Waals surface area (Å²) < 4.78 is 0. The average Bonchev–Trinajstić information content (AvgIpc) is 2.83. The summed E-state index contributed by atoms with van der Waals surface area (Å²) in [5.41, 5.74) is 7.43. The fraction of sp³-hybridized carbons (Fsp3) is 0. The Bertz CT molecular complexity index is 1300. The Morgan fingerprint density at radius 2 is 1.03 bits per heavy atom. The number of fused-ring (bicyclic) bond motifs is 1. The highest BCUT2D eigenvalue weighted by Crippen LogP contribution is 2.29. The Morgan fingerprint density at radius 3 is 1.90 bits per heavy atom. The van der Waals surface area contributed by atoms with Crippen LogP contribution in [-0.4, -0.2) is 0 Å². The van der Waals surface area contributed by atoms with Gasteiger partial charge in [-0.1, -0.05) is 133 Å². The normalized spacial score (nSPS) is 11.2. The molecule has 5 aromatic carbocycles. The summed E-state index contributed by atoms with van der Waals surface area (Å²) in [6.45, 7) is 0. The van der Waals surface area contributed by atoms with Gasteiger partial charge in [-0.3, -0.25) is 0 Å². The van der Waals surface area contributed by atoms with Crippen LogP contribution in [0.15, 0.2) is 121 Å². The Hall–Kier alpha value is -3.90. The predicted octanol–water partition coefficient (Wildman–Crippen LogP) is 8.34. The zero-order valence-corrected chi connectivity index (χ0v) is 16.7. The molecule has 30 heavy (non-hydrogen) atoms. The molecule has 5 rings (SSSR count). The third-order valence-corrected chi connectivity index (χ3v) is 5.51.